The maximum atomic E-state index is 12.7. The van der Waals surface area contributed by atoms with Crippen LogP contribution in [0.5, 0.6) is 0 Å². The fourth-order valence-electron chi connectivity index (χ4n) is 3.31. The van der Waals surface area contributed by atoms with Gasteiger partial charge in [0, 0.05) is 12.3 Å². The van der Waals surface area contributed by atoms with Gasteiger partial charge in [0.2, 0.25) is 0 Å². The number of benzene rings is 2. The van der Waals surface area contributed by atoms with Crippen molar-refractivity contribution in [3.8, 4) is 6.07 Å². The van der Waals surface area contributed by atoms with Crippen molar-refractivity contribution in [1.29, 1.82) is 5.26 Å². The van der Waals surface area contributed by atoms with E-state index in [0.717, 1.165) is 16.5 Å². The van der Waals surface area contributed by atoms with E-state index in [1.807, 2.05) is 16.7 Å². The monoisotopic (exact) mass is 438 g/mol. The van der Waals surface area contributed by atoms with Gasteiger partial charge in [-0.25, -0.2) is 13.4 Å². The number of nitriles is 1. The summed E-state index contributed by atoms with van der Waals surface area (Å²) in [6.07, 6.45) is 1.51. The van der Waals surface area contributed by atoms with E-state index in [0.29, 0.717) is 11.3 Å². The molecule has 0 aliphatic carbocycles. The quantitative estimate of drug-likeness (QED) is 0.634. The lowest BCUT2D eigenvalue weighted by Gasteiger charge is -2.16. The molecule has 3 aromatic rings. The van der Waals surface area contributed by atoms with Crippen molar-refractivity contribution in [2.45, 2.75) is 16.1 Å². The van der Waals surface area contributed by atoms with E-state index in [4.69, 9.17) is 5.26 Å². The first kappa shape index (κ1) is 20.2. The predicted molar refractivity (Wildman–Crippen MR) is 113 cm³/mol. The van der Waals surface area contributed by atoms with Gasteiger partial charge in [0.1, 0.15) is 5.69 Å². The number of hydrogen-bond donors (Lipinski definition) is 1. The number of carbonyl (C=O) groups excluding carboxylic acids is 1. The third-order valence-corrected chi connectivity index (χ3v) is 7.64. The van der Waals surface area contributed by atoms with Crippen LogP contribution in [0.1, 0.15) is 27.7 Å². The highest BCUT2D eigenvalue weighted by Gasteiger charge is 2.30. The number of nitrogens with one attached hydrogen (secondary N) is 1. The number of hydrogen-bond acceptors (Lipinski definition) is 6. The number of thioether (sulfide) groups is 1. The number of amides is 1. The SMILES string of the molecule is N#Cc1ccc(C2CSc3ncc(C(=O)NCCS(=O)(=O)c4ccccc4)n32)cc1. The number of sulfone groups is 1. The molecule has 1 aliphatic heterocycles. The van der Waals surface area contributed by atoms with Crippen LogP contribution >= 0.6 is 11.8 Å². The fraction of sp³-hybridized carbons (Fsp3) is 0.190. The van der Waals surface area contributed by atoms with Gasteiger partial charge in [0.25, 0.3) is 5.91 Å². The van der Waals surface area contributed by atoms with Gasteiger partial charge in [0.05, 0.1) is 34.5 Å². The smallest absolute Gasteiger partial charge is 0.269 e. The van der Waals surface area contributed by atoms with Crippen LogP contribution in [-0.4, -0.2) is 41.9 Å². The standard InChI is InChI=1S/C21H18N4O3S2/c22-12-15-6-8-16(9-7-15)19-14-29-21-24-13-18(25(19)21)20(26)23-10-11-30(27,28)17-4-2-1-3-5-17/h1-9,13,19H,10-11,14H2,(H,23,26). The molecule has 152 valence electrons. The molecule has 0 saturated heterocycles. The van der Waals surface area contributed by atoms with Gasteiger partial charge in [-0.05, 0) is 29.8 Å². The molecule has 1 amide bonds. The van der Waals surface area contributed by atoms with E-state index < -0.39 is 9.84 Å². The van der Waals surface area contributed by atoms with Crippen molar-refractivity contribution < 1.29 is 13.2 Å². The van der Waals surface area contributed by atoms with Gasteiger partial charge in [-0.1, -0.05) is 42.1 Å². The Kier molecular flexibility index (Phi) is 5.61. The summed E-state index contributed by atoms with van der Waals surface area (Å²) in [6, 6.07) is 17.5. The van der Waals surface area contributed by atoms with Crippen LogP contribution in [0.15, 0.2) is 70.8 Å². The minimum Gasteiger partial charge on any atom is -0.350 e. The first-order valence-electron chi connectivity index (χ1n) is 9.26. The zero-order chi connectivity index (χ0) is 21.1. The topological polar surface area (TPSA) is 105 Å². The van der Waals surface area contributed by atoms with E-state index in [-0.39, 0.29) is 29.1 Å². The summed E-state index contributed by atoms with van der Waals surface area (Å²) in [5.41, 5.74) is 1.95. The molecule has 1 atom stereocenters. The Labute approximate surface area is 178 Å². The lowest BCUT2D eigenvalue weighted by molar-refractivity contribution is 0.0945. The summed E-state index contributed by atoms with van der Waals surface area (Å²) in [5, 5.41) is 12.4. The number of rotatable bonds is 6. The summed E-state index contributed by atoms with van der Waals surface area (Å²) in [7, 11) is -3.46. The largest absolute Gasteiger partial charge is 0.350 e. The molecule has 0 fully saturated rings. The molecule has 4 rings (SSSR count). The van der Waals surface area contributed by atoms with Gasteiger partial charge in [-0.3, -0.25) is 4.79 Å². The molecule has 1 aromatic heterocycles. The van der Waals surface area contributed by atoms with E-state index in [1.54, 1.807) is 54.2 Å². The zero-order valence-electron chi connectivity index (χ0n) is 15.9. The van der Waals surface area contributed by atoms with Gasteiger partial charge < -0.3 is 9.88 Å². The number of aromatic nitrogens is 2. The summed E-state index contributed by atoms with van der Waals surface area (Å²) >= 11 is 1.56. The zero-order valence-corrected chi connectivity index (χ0v) is 17.5. The number of imidazole rings is 1. The Morgan fingerprint density at radius 2 is 1.93 bits per heavy atom. The number of nitrogens with zero attached hydrogens (tertiary/aromatic N) is 3. The lowest BCUT2D eigenvalue weighted by atomic mass is 10.1. The Morgan fingerprint density at radius 1 is 1.20 bits per heavy atom. The Balaban J connectivity index is 1.47. The molecule has 0 spiro atoms. The van der Waals surface area contributed by atoms with Gasteiger partial charge in [-0.2, -0.15) is 5.26 Å². The summed E-state index contributed by atoms with van der Waals surface area (Å²) in [6.45, 7) is 0.00521. The highest BCUT2D eigenvalue weighted by molar-refractivity contribution is 7.99. The molecule has 9 heteroatoms. The third-order valence-electron chi connectivity index (χ3n) is 4.86. The molecule has 0 radical (unpaired) electrons. The van der Waals surface area contributed by atoms with Gasteiger partial charge >= 0.3 is 0 Å². The van der Waals surface area contributed by atoms with Crippen LogP contribution in [0.25, 0.3) is 0 Å². The molecule has 30 heavy (non-hydrogen) atoms. The molecule has 1 N–H and O–H groups in total. The van der Waals surface area contributed by atoms with Crippen LogP contribution < -0.4 is 5.32 Å². The average Bonchev–Trinajstić information content (AvgIpc) is 3.36. The van der Waals surface area contributed by atoms with Crippen molar-refractivity contribution in [3.63, 3.8) is 0 Å². The van der Waals surface area contributed by atoms with Crippen molar-refractivity contribution in [2.75, 3.05) is 18.1 Å². The molecule has 1 unspecified atom stereocenters. The Bertz CT molecular complexity index is 1210. The minimum absolute atomic E-state index is 0.00521. The van der Waals surface area contributed by atoms with Crippen molar-refractivity contribution in [2.24, 2.45) is 0 Å². The van der Waals surface area contributed by atoms with Crippen molar-refractivity contribution in [1.82, 2.24) is 14.9 Å². The Morgan fingerprint density at radius 3 is 2.63 bits per heavy atom. The van der Waals surface area contributed by atoms with E-state index in [9.17, 15) is 13.2 Å². The molecule has 0 saturated carbocycles. The highest BCUT2D eigenvalue weighted by Crippen LogP contribution is 2.37. The van der Waals surface area contributed by atoms with Crippen LogP contribution in [0.2, 0.25) is 0 Å². The summed E-state index contributed by atoms with van der Waals surface area (Å²) in [5.74, 6) is 0.188. The first-order chi connectivity index (χ1) is 14.5. The molecule has 1 aliphatic rings. The number of fused-ring (bicyclic) bond motifs is 1. The predicted octanol–water partition coefficient (Wildman–Crippen LogP) is 2.65. The van der Waals surface area contributed by atoms with Gasteiger partial charge in [-0.15, -0.1) is 0 Å². The van der Waals surface area contributed by atoms with E-state index in [1.165, 1.54) is 6.20 Å². The van der Waals surface area contributed by atoms with Crippen LogP contribution in [0.4, 0.5) is 0 Å². The first-order valence-corrected chi connectivity index (χ1v) is 11.9. The fourth-order valence-corrected chi connectivity index (χ4v) is 5.63. The third kappa shape index (κ3) is 3.97. The maximum absolute atomic E-state index is 12.7. The van der Waals surface area contributed by atoms with E-state index >= 15 is 0 Å². The molecule has 7 nitrogen and oxygen atoms in total. The molecule has 0 bridgehead atoms. The highest BCUT2D eigenvalue weighted by atomic mass is 32.2. The maximum Gasteiger partial charge on any atom is 0.269 e. The van der Waals surface area contributed by atoms with Gasteiger partial charge in [0.15, 0.2) is 15.0 Å². The molecule has 2 heterocycles. The second kappa shape index (κ2) is 8.34. The van der Waals surface area contributed by atoms with Crippen LogP contribution in [0.3, 0.4) is 0 Å². The number of carbonyl (C=O) groups is 1. The summed E-state index contributed by atoms with van der Waals surface area (Å²) < 4.78 is 26.6. The van der Waals surface area contributed by atoms with Crippen molar-refractivity contribution in [3.05, 3.63) is 77.6 Å². The lowest BCUT2D eigenvalue weighted by Crippen LogP contribution is -2.31. The van der Waals surface area contributed by atoms with Crippen LogP contribution in [-0.2, 0) is 9.84 Å². The summed E-state index contributed by atoms with van der Waals surface area (Å²) in [4.78, 5) is 17.3. The Hall–Kier alpha value is -3.09. The minimum atomic E-state index is -3.46. The average molecular weight is 439 g/mol. The second-order valence-electron chi connectivity index (χ2n) is 6.74. The van der Waals surface area contributed by atoms with Crippen LogP contribution in [0, 0.1) is 11.3 Å². The normalized spacial score (nSPS) is 15.4. The van der Waals surface area contributed by atoms with E-state index in [2.05, 4.69) is 16.4 Å². The molecule has 2 aromatic carbocycles. The second-order valence-corrected chi connectivity index (χ2v) is 9.84. The molecular weight excluding hydrogens is 420 g/mol. The van der Waals surface area contributed by atoms with Crippen molar-refractivity contribution >= 4 is 27.5 Å². The molecular formula is C21H18N4O3S2.